The molecule has 0 saturated carbocycles. The fourth-order valence-electron chi connectivity index (χ4n) is 3.13. The molecule has 0 N–H and O–H groups in total. The molecule has 0 aliphatic carbocycles. The van der Waals surface area contributed by atoms with E-state index in [-0.39, 0.29) is 6.17 Å². The number of rotatable bonds is 2. The number of pyridine rings is 2. The third kappa shape index (κ3) is 2.20. The summed E-state index contributed by atoms with van der Waals surface area (Å²) in [5.41, 5.74) is 4.21. The lowest BCUT2D eigenvalue weighted by atomic mass is 9.99. The first-order valence-corrected chi connectivity index (χ1v) is 7.81. The van der Waals surface area contributed by atoms with E-state index in [9.17, 15) is 0 Å². The third-order valence-corrected chi connectivity index (χ3v) is 4.40. The molecule has 1 atom stereocenters. The van der Waals surface area contributed by atoms with E-state index >= 15 is 0 Å². The van der Waals surface area contributed by atoms with E-state index in [0.717, 1.165) is 27.6 Å². The van der Waals surface area contributed by atoms with E-state index in [1.807, 2.05) is 42.8 Å². The van der Waals surface area contributed by atoms with Crippen molar-refractivity contribution in [2.24, 2.45) is 7.05 Å². The topological polar surface area (TPSA) is 29.9 Å². The zero-order valence-electron chi connectivity index (χ0n) is 18.8. The number of aromatic nitrogens is 2. The monoisotopic (exact) mass is 322 g/mol. The minimum atomic E-state index is -2.43. The molecular weight excluding hydrogens is 296 g/mol. The summed E-state index contributed by atoms with van der Waals surface area (Å²) >= 11 is 0. The van der Waals surface area contributed by atoms with Crippen molar-refractivity contribution in [3.8, 4) is 11.3 Å². The Labute approximate surface area is 148 Å². The van der Waals surface area contributed by atoms with Crippen LogP contribution in [0.15, 0.2) is 53.2 Å². The van der Waals surface area contributed by atoms with Gasteiger partial charge in [-0.3, -0.25) is 0 Å². The van der Waals surface area contributed by atoms with Crippen LogP contribution in [0.3, 0.4) is 0 Å². The molecule has 3 nitrogen and oxygen atoms in total. The maximum atomic E-state index is 8.34. The Morgan fingerprint density at radius 1 is 1.25 bits per heavy atom. The minimum absolute atomic E-state index is 0.143. The Morgan fingerprint density at radius 2 is 2.12 bits per heavy atom. The van der Waals surface area contributed by atoms with Crippen LogP contribution < -0.4 is 4.57 Å². The molecule has 3 aromatic heterocycles. The molecule has 0 fully saturated rings. The van der Waals surface area contributed by atoms with Crippen LogP contribution in [0.2, 0.25) is 0 Å². The van der Waals surface area contributed by atoms with Gasteiger partial charge in [0.2, 0.25) is 11.4 Å². The maximum absolute atomic E-state index is 8.34. The molecule has 0 spiro atoms. The molecule has 0 aliphatic rings. The summed E-state index contributed by atoms with van der Waals surface area (Å²) in [6.45, 7) is 0.955. The van der Waals surface area contributed by atoms with Gasteiger partial charge in [-0.05, 0) is 36.6 Å². The molecule has 0 aliphatic heterocycles. The molecule has 1 aromatic carbocycles. The van der Waals surface area contributed by atoms with Gasteiger partial charge >= 0.3 is 0 Å². The van der Waals surface area contributed by atoms with E-state index < -0.39 is 12.7 Å². The quantitative estimate of drug-likeness (QED) is 0.491. The third-order valence-electron chi connectivity index (χ3n) is 4.40. The van der Waals surface area contributed by atoms with Crippen molar-refractivity contribution in [3.05, 3.63) is 59.9 Å². The van der Waals surface area contributed by atoms with Crippen LogP contribution in [0.25, 0.3) is 33.3 Å². The molecule has 3 heterocycles. The van der Waals surface area contributed by atoms with Crippen molar-refractivity contribution < 1.29 is 15.8 Å². The van der Waals surface area contributed by atoms with Crippen LogP contribution >= 0.6 is 0 Å². The van der Waals surface area contributed by atoms with Gasteiger partial charge in [0.15, 0.2) is 11.8 Å². The average Bonchev–Trinajstić information content (AvgIpc) is 2.98. The van der Waals surface area contributed by atoms with Gasteiger partial charge in [-0.2, -0.15) is 0 Å². The molecule has 0 radical (unpaired) electrons. The van der Waals surface area contributed by atoms with Gasteiger partial charge in [-0.25, -0.2) is 9.55 Å². The van der Waals surface area contributed by atoms with Gasteiger partial charge in [0.25, 0.3) is 0 Å². The van der Waals surface area contributed by atoms with Gasteiger partial charge in [0.05, 0.1) is 6.93 Å². The Morgan fingerprint density at radius 3 is 2.92 bits per heavy atom. The Kier molecular flexibility index (Phi) is 2.32. The predicted octanol–water partition coefficient (Wildman–Crippen LogP) is 4.90. The number of nitrogens with zero attached hydrogens (tertiary/aromatic N) is 2. The molecule has 24 heavy (non-hydrogen) atoms. The summed E-state index contributed by atoms with van der Waals surface area (Å²) in [6, 6.07) is 11.0. The largest absolute Gasteiger partial charge is 0.437 e. The van der Waals surface area contributed by atoms with Gasteiger partial charge < -0.3 is 4.42 Å². The second-order valence-corrected chi connectivity index (χ2v) is 6.07. The summed E-state index contributed by atoms with van der Waals surface area (Å²) < 4.78 is 47.0. The lowest BCUT2D eigenvalue weighted by Crippen LogP contribution is -2.31. The van der Waals surface area contributed by atoms with Crippen LogP contribution in [-0.2, 0) is 7.05 Å². The number of hydrogen-bond donors (Lipinski definition) is 0. The van der Waals surface area contributed by atoms with E-state index in [2.05, 4.69) is 4.98 Å². The smallest absolute Gasteiger partial charge is 0.227 e. The summed E-state index contributed by atoms with van der Waals surface area (Å²) in [5.74, 6) is -1.71. The Bertz CT molecular complexity index is 1260. The highest BCUT2D eigenvalue weighted by Crippen LogP contribution is 2.36. The van der Waals surface area contributed by atoms with Gasteiger partial charge in [-0.15, -0.1) is 0 Å². The van der Waals surface area contributed by atoms with E-state index in [0.29, 0.717) is 16.9 Å². The molecule has 3 heteroatoms. The summed E-state index contributed by atoms with van der Waals surface area (Å²) in [6.07, 6.45) is 1.83. The van der Waals surface area contributed by atoms with Crippen LogP contribution in [-0.4, -0.2) is 4.98 Å². The molecule has 120 valence electrons. The van der Waals surface area contributed by atoms with Crippen molar-refractivity contribution in [1.82, 2.24) is 4.98 Å². The molecule has 0 saturated heterocycles. The Hall–Kier alpha value is -2.68. The van der Waals surface area contributed by atoms with E-state index in [4.69, 9.17) is 11.3 Å². The lowest BCUT2D eigenvalue weighted by Gasteiger charge is -2.08. The number of hydrogen-bond acceptors (Lipinski definition) is 2. The van der Waals surface area contributed by atoms with E-state index in [1.165, 1.54) is 6.92 Å². The first-order chi connectivity index (χ1) is 13.5. The number of furan rings is 1. The van der Waals surface area contributed by atoms with Crippen LogP contribution in [0, 0.1) is 6.92 Å². The highest BCUT2D eigenvalue weighted by atomic mass is 16.3. The van der Waals surface area contributed by atoms with Crippen LogP contribution in [0.4, 0.5) is 0 Å². The predicted molar refractivity (Wildman–Crippen MR) is 97.0 cm³/mol. The lowest BCUT2D eigenvalue weighted by molar-refractivity contribution is -0.660. The van der Waals surface area contributed by atoms with Crippen LogP contribution in [0.1, 0.15) is 37.7 Å². The maximum Gasteiger partial charge on any atom is 0.227 e. The van der Waals surface area contributed by atoms with Crippen molar-refractivity contribution in [1.29, 1.82) is 0 Å². The standard InChI is InChI=1S/C21H21N2O/c1-13(2)15-8-10-18(23(4)12-15)19-14(3)7-9-16-17-6-5-11-22-21(17)24-20(16)19/h5-13H,1-4H3/q+1/i1D3,11D,13D. The van der Waals surface area contributed by atoms with Crippen molar-refractivity contribution in [2.75, 3.05) is 0 Å². The molecule has 0 bridgehead atoms. The second-order valence-electron chi connectivity index (χ2n) is 6.07. The SMILES string of the molecule is [2H]c1ccc2c(n1)oc1c(-c3ccc(C([2H])(C)C([2H])([2H])[2H])c[n+]3C)c(C)ccc12. The van der Waals surface area contributed by atoms with Crippen molar-refractivity contribution in [2.45, 2.75) is 26.6 Å². The zero-order valence-corrected chi connectivity index (χ0v) is 13.8. The highest BCUT2D eigenvalue weighted by molar-refractivity contribution is 6.08. The number of fused-ring (bicyclic) bond motifs is 3. The molecule has 4 rings (SSSR count). The molecule has 0 amide bonds. The summed E-state index contributed by atoms with van der Waals surface area (Å²) in [5, 5.41) is 1.75. The van der Waals surface area contributed by atoms with Gasteiger partial charge in [-0.1, -0.05) is 25.9 Å². The van der Waals surface area contributed by atoms with Crippen LogP contribution in [0.5, 0.6) is 0 Å². The highest BCUT2D eigenvalue weighted by Gasteiger charge is 2.21. The fraction of sp³-hybridized carbons (Fsp3) is 0.238. The summed E-state index contributed by atoms with van der Waals surface area (Å²) in [7, 11) is 1.83. The first-order valence-electron chi connectivity index (χ1n) is 10.3. The van der Waals surface area contributed by atoms with Gasteiger partial charge in [0, 0.05) is 34.1 Å². The zero-order chi connectivity index (χ0) is 21.1. The molecule has 4 aromatic rings. The second kappa shape index (κ2) is 5.45. The minimum Gasteiger partial charge on any atom is -0.437 e. The fourth-order valence-corrected chi connectivity index (χ4v) is 3.13. The van der Waals surface area contributed by atoms with Gasteiger partial charge in [0.1, 0.15) is 7.05 Å². The molecular formula is C21H21N2O+. The number of benzene rings is 1. The van der Waals surface area contributed by atoms with Crippen molar-refractivity contribution in [3.63, 3.8) is 0 Å². The normalized spacial score (nSPS) is 17.7. The summed E-state index contributed by atoms with van der Waals surface area (Å²) in [4.78, 5) is 4.18. The molecule has 1 unspecified atom stereocenters. The van der Waals surface area contributed by atoms with E-state index in [1.54, 1.807) is 18.3 Å². The average molecular weight is 322 g/mol. The Balaban J connectivity index is 1.95. The van der Waals surface area contributed by atoms with Crippen molar-refractivity contribution >= 4 is 22.1 Å². The first kappa shape index (κ1) is 10.2. The number of aryl methyl sites for hydroxylation is 2.